The molecular weight excluding hydrogens is 344 g/mol. The van der Waals surface area contributed by atoms with E-state index in [2.05, 4.69) is 20.9 Å². The molecule has 0 unspecified atom stereocenters. The van der Waals surface area contributed by atoms with Gasteiger partial charge in [0.25, 0.3) is 0 Å². The maximum Gasteiger partial charge on any atom is 0.140 e. The van der Waals surface area contributed by atoms with Crippen LogP contribution in [0.4, 0.5) is 0 Å². The molecule has 1 aromatic heterocycles. The van der Waals surface area contributed by atoms with Crippen molar-refractivity contribution < 1.29 is 4.74 Å². The van der Waals surface area contributed by atoms with Gasteiger partial charge in [0, 0.05) is 12.4 Å². The Morgan fingerprint density at radius 2 is 2.05 bits per heavy atom. The van der Waals surface area contributed by atoms with E-state index in [0.717, 1.165) is 35.7 Å². The number of allylic oxidation sites excluding steroid dienone is 1. The molecule has 22 heavy (non-hydrogen) atoms. The summed E-state index contributed by atoms with van der Waals surface area (Å²) in [5.41, 5.74) is 9.14. The Morgan fingerprint density at radius 1 is 1.36 bits per heavy atom. The Balaban J connectivity index is 2.18. The third kappa shape index (κ3) is 4.14. The second kappa shape index (κ2) is 7.83. The van der Waals surface area contributed by atoms with Crippen LogP contribution in [0.1, 0.15) is 43.5 Å². The minimum Gasteiger partial charge on any atom is -0.489 e. The third-order valence-electron chi connectivity index (χ3n) is 4.02. The van der Waals surface area contributed by atoms with Crippen molar-refractivity contribution in [2.24, 2.45) is 11.6 Å². The van der Waals surface area contributed by atoms with Crippen LogP contribution in [0, 0.1) is 6.92 Å². The van der Waals surface area contributed by atoms with Crippen molar-refractivity contribution in [3.8, 4) is 5.75 Å². The molecule has 1 fully saturated rings. The number of nitrogens with zero attached hydrogens (tertiary/aromatic N) is 2. The van der Waals surface area contributed by atoms with Crippen LogP contribution in [0.5, 0.6) is 5.75 Å². The molecule has 0 aromatic carbocycles. The van der Waals surface area contributed by atoms with Crippen LogP contribution in [-0.4, -0.2) is 28.5 Å². The van der Waals surface area contributed by atoms with Gasteiger partial charge in [0.05, 0.1) is 28.9 Å². The second-order valence-corrected chi connectivity index (χ2v) is 6.32. The van der Waals surface area contributed by atoms with Gasteiger partial charge in [-0.25, -0.2) is 10.8 Å². The Kier molecular flexibility index (Phi) is 6.08. The van der Waals surface area contributed by atoms with Gasteiger partial charge in [0.1, 0.15) is 5.75 Å². The van der Waals surface area contributed by atoms with E-state index in [1.165, 1.54) is 24.3 Å². The van der Waals surface area contributed by atoms with Crippen molar-refractivity contribution in [2.75, 3.05) is 12.4 Å². The van der Waals surface area contributed by atoms with E-state index in [1.54, 1.807) is 7.05 Å². The van der Waals surface area contributed by atoms with Gasteiger partial charge in [-0.2, -0.15) is 0 Å². The van der Waals surface area contributed by atoms with E-state index in [4.69, 9.17) is 16.3 Å². The highest BCUT2D eigenvalue weighted by Gasteiger charge is 2.17. The van der Waals surface area contributed by atoms with E-state index in [1.807, 2.05) is 19.1 Å². The van der Waals surface area contributed by atoms with Gasteiger partial charge in [-0.15, -0.1) is 0 Å². The maximum absolute atomic E-state index is 6.18. The molecule has 4 N–H and O–H groups in total. The first-order chi connectivity index (χ1) is 10.5. The minimum atomic E-state index is 0.321. The zero-order valence-electron chi connectivity index (χ0n) is 13.3. The molecule has 0 radical (unpaired) electrons. The Bertz CT molecular complexity index is 539. The summed E-state index contributed by atoms with van der Waals surface area (Å²) in [4.78, 5) is 4.58. The second-order valence-electron chi connectivity index (χ2n) is 5.76. The van der Waals surface area contributed by atoms with Crippen LogP contribution < -0.4 is 16.3 Å². The minimum absolute atomic E-state index is 0.321. The van der Waals surface area contributed by atoms with E-state index in [0.29, 0.717) is 17.1 Å². The summed E-state index contributed by atoms with van der Waals surface area (Å²) in [5.74, 6) is 6.64. The molecule has 2 rings (SSSR count). The molecular formula is C16H25BrN4O. The molecule has 1 aliphatic carbocycles. The summed E-state index contributed by atoms with van der Waals surface area (Å²) >= 11 is 3.40. The molecule has 1 aromatic rings. The summed E-state index contributed by atoms with van der Waals surface area (Å²) in [7, 11) is 1.76. The molecule has 0 spiro atoms. The summed E-state index contributed by atoms with van der Waals surface area (Å²) in [6.45, 7) is 1.95. The van der Waals surface area contributed by atoms with Gasteiger partial charge >= 0.3 is 0 Å². The van der Waals surface area contributed by atoms with Crippen molar-refractivity contribution >= 4 is 21.6 Å². The van der Waals surface area contributed by atoms with Crippen LogP contribution in [0.3, 0.4) is 0 Å². The number of alkyl halides is 1. The number of rotatable bonds is 5. The van der Waals surface area contributed by atoms with Gasteiger partial charge in [-0.1, -0.05) is 22.4 Å². The molecule has 0 bridgehead atoms. The van der Waals surface area contributed by atoms with Crippen LogP contribution in [-0.2, 0) is 0 Å². The van der Waals surface area contributed by atoms with E-state index in [-0.39, 0.29) is 0 Å². The maximum atomic E-state index is 6.18. The van der Waals surface area contributed by atoms with Gasteiger partial charge in [-0.05, 0) is 44.7 Å². The lowest BCUT2D eigenvalue weighted by molar-refractivity contribution is 0.153. The molecule has 5 nitrogen and oxygen atoms in total. The summed E-state index contributed by atoms with van der Waals surface area (Å²) in [6.07, 6.45) is 6.41. The SMILES string of the molecule is Cc1nc(/C(N)=C(\CBr)N(C)N)ccc1OC1CCCCC1. The molecule has 1 saturated carbocycles. The van der Waals surface area contributed by atoms with Crippen LogP contribution in [0.25, 0.3) is 5.70 Å². The normalized spacial score (nSPS) is 17.1. The molecule has 0 atom stereocenters. The van der Waals surface area contributed by atoms with Crippen LogP contribution >= 0.6 is 15.9 Å². The average Bonchev–Trinajstić information content (AvgIpc) is 2.50. The lowest BCUT2D eigenvalue weighted by atomic mass is 9.98. The van der Waals surface area contributed by atoms with Gasteiger partial charge < -0.3 is 15.5 Å². The quantitative estimate of drug-likeness (QED) is 0.474. The average molecular weight is 369 g/mol. The lowest BCUT2D eigenvalue weighted by Gasteiger charge is -2.24. The van der Waals surface area contributed by atoms with Crippen LogP contribution in [0.2, 0.25) is 0 Å². The molecule has 0 amide bonds. The highest BCUT2D eigenvalue weighted by atomic mass is 79.9. The Morgan fingerprint density at radius 3 is 2.59 bits per heavy atom. The molecule has 0 aliphatic heterocycles. The lowest BCUT2D eigenvalue weighted by Crippen LogP contribution is -2.28. The summed E-state index contributed by atoms with van der Waals surface area (Å²) < 4.78 is 6.09. The standard InChI is InChI=1S/C16H25BrN4O/c1-11-15(22-12-6-4-3-5-7-12)9-8-13(20-11)16(18)14(10-17)21(2)19/h8-9,12H,3-7,10,18-19H2,1-2H3/b16-14-. The van der Waals surface area contributed by atoms with Gasteiger partial charge in [0.2, 0.25) is 0 Å². The fraction of sp³-hybridized carbons (Fsp3) is 0.562. The van der Waals surface area contributed by atoms with Crippen molar-refractivity contribution in [3.05, 3.63) is 29.2 Å². The van der Waals surface area contributed by atoms with Crippen LogP contribution in [0.15, 0.2) is 17.8 Å². The van der Waals surface area contributed by atoms with E-state index < -0.39 is 0 Å². The fourth-order valence-electron chi connectivity index (χ4n) is 2.69. The smallest absolute Gasteiger partial charge is 0.140 e. The highest BCUT2D eigenvalue weighted by molar-refractivity contribution is 9.09. The first-order valence-electron chi connectivity index (χ1n) is 7.70. The zero-order valence-corrected chi connectivity index (χ0v) is 14.9. The first-order valence-corrected chi connectivity index (χ1v) is 8.82. The van der Waals surface area contributed by atoms with Crippen molar-refractivity contribution in [1.29, 1.82) is 0 Å². The first kappa shape index (κ1) is 17.1. The third-order valence-corrected chi connectivity index (χ3v) is 4.55. The summed E-state index contributed by atoms with van der Waals surface area (Å²) in [6, 6.07) is 3.86. The van der Waals surface area contributed by atoms with Gasteiger partial charge in [0.15, 0.2) is 0 Å². The van der Waals surface area contributed by atoms with Crippen molar-refractivity contribution in [2.45, 2.75) is 45.1 Å². The topological polar surface area (TPSA) is 77.4 Å². The van der Waals surface area contributed by atoms with Crippen molar-refractivity contribution in [1.82, 2.24) is 9.99 Å². The molecule has 6 heteroatoms. The number of aromatic nitrogens is 1. The number of hydrazine groups is 1. The molecule has 1 heterocycles. The number of hydrogen-bond donors (Lipinski definition) is 2. The van der Waals surface area contributed by atoms with E-state index in [9.17, 15) is 0 Å². The number of hydrogen-bond acceptors (Lipinski definition) is 5. The Labute approximate surface area is 140 Å². The number of pyridine rings is 1. The van der Waals surface area contributed by atoms with Crippen molar-refractivity contribution in [3.63, 3.8) is 0 Å². The largest absolute Gasteiger partial charge is 0.489 e. The van der Waals surface area contributed by atoms with E-state index >= 15 is 0 Å². The fourth-order valence-corrected chi connectivity index (χ4v) is 3.39. The summed E-state index contributed by atoms with van der Waals surface area (Å²) in [5, 5.41) is 2.08. The number of halogens is 1. The monoisotopic (exact) mass is 368 g/mol. The number of aryl methyl sites for hydroxylation is 1. The predicted octanol–water partition coefficient (Wildman–Crippen LogP) is 2.93. The zero-order chi connectivity index (χ0) is 16.1. The molecule has 1 aliphatic rings. The number of ether oxygens (including phenoxy) is 1. The highest BCUT2D eigenvalue weighted by Crippen LogP contribution is 2.26. The Hall–Kier alpha value is -1.27. The molecule has 0 saturated heterocycles. The predicted molar refractivity (Wildman–Crippen MR) is 93.3 cm³/mol. The molecule has 122 valence electrons. The number of nitrogens with two attached hydrogens (primary N) is 2. The van der Waals surface area contributed by atoms with Gasteiger partial charge in [-0.3, -0.25) is 0 Å².